The van der Waals surface area contributed by atoms with Crippen LogP contribution in [0.2, 0.25) is 0 Å². The monoisotopic (exact) mass is 270 g/mol. The Balaban J connectivity index is 1.89. The molecule has 0 bridgehead atoms. The lowest BCUT2D eigenvalue weighted by Gasteiger charge is -2.28. The van der Waals surface area contributed by atoms with E-state index in [1.165, 1.54) is 0 Å². The summed E-state index contributed by atoms with van der Waals surface area (Å²) in [5, 5.41) is 13.0. The molecule has 3 rings (SSSR count). The van der Waals surface area contributed by atoms with Gasteiger partial charge in [0.15, 0.2) is 0 Å². The second-order valence-electron chi connectivity index (χ2n) is 4.81. The topological polar surface area (TPSA) is 44.8 Å². The zero-order valence-electron chi connectivity index (χ0n) is 11.3. The molecule has 0 N–H and O–H groups in total. The molecular weight excluding hydrogens is 254 g/mol. The molecule has 1 unspecified atom stereocenters. The number of ether oxygens (including phenoxy) is 2. The summed E-state index contributed by atoms with van der Waals surface area (Å²) in [6.07, 6.45) is -0.262. The van der Waals surface area contributed by atoms with E-state index in [9.17, 15) is 5.21 Å². The number of benzene rings is 2. The van der Waals surface area contributed by atoms with Gasteiger partial charge < -0.3 is 19.7 Å². The van der Waals surface area contributed by atoms with Crippen LogP contribution in [0.1, 0.15) is 17.2 Å². The number of nitrogens with zero attached hydrogens (tertiary/aromatic N) is 1. The fourth-order valence-corrected chi connectivity index (χ4v) is 2.37. The van der Waals surface area contributed by atoms with Crippen LogP contribution in [0.5, 0.6) is 11.5 Å². The molecule has 0 aromatic heterocycles. The van der Waals surface area contributed by atoms with Crippen LogP contribution in [-0.4, -0.2) is 18.7 Å². The summed E-state index contributed by atoms with van der Waals surface area (Å²) < 4.78 is 11.2. The van der Waals surface area contributed by atoms with Gasteiger partial charge in [0.05, 0.1) is 7.11 Å². The third-order valence-corrected chi connectivity index (χ3v) is 3.45. The quantitative estimate of drug-likeness (QED) is 0.841. The van der Waals surface area contributed by atoms with Crippen molar-refractivity contribution in [2.45, 2.75) is 12.6 Å². The maximum atomic E-state index is 12.0. The molecule has 0 radical (unpaired) electrons. The summed E-state index contributed by atoms with van der Waals surface area (Å²) in [5.74, 6) is 1.58. The molecule has 0 aliphatic carbocycles. The first-order valence-electron chi connectivity index (χ1n) is 6.57. The first-order valence-corrected chi connectivity index (χ1v) is 6.57. The standard InChI is InChI=1S/C16H16NO3/c1-19-14-8-6-12(7-9-14)16-11-17(18)10-13-4-2-3-5-15(13)20-16/h2-9,16H,10-11H2,1H3/q-1. The second-order valence-corrected chi connectivity index (χ2v) is 4.81. The van der Waals surface area contributed by atoms with Crippen LogP contribution >= 0.6 is 0 Å². The third kappa shape index (κ3) is 2.61. The van der Waals surface area contributed by atoms with E-state index in [1.54, 1.807) is 7.11 Å². The lowest BCUT2D eigenvalue weighted by atomic mass is 10.1. The Morgan fingerprint density at radius 2 is 1.90 bits per heavy atom. The maximum Gasteiger partial charge on any atom is 0.135 e. The number of para-hydroxylation sites is 1. The number of rotatable bonds is 2. The molecule has 0 fully saturated rings. The van der Waals surface area contributed by atoms with Gasteiger partial charge in [-0.1, -0.05) is 30.3 Å². The van der Waals surface area contributed by atoms with E-state index in [0.29, 0.717) is 13.1 Å². The minimum absolute atomic E-state index is 0.262. The molecule has 1 heterocycles. The van der Waals surface area contributed by atoms with Gasteiger partial charge in [-0.15, -0.1) is 0 Å². The van der Waals surface area contributed by atoms with Gasteiger partial charge in [0.2, 0.25) is 0 Å². The van der Waals surface area contributed by atoms with Gasteiger partial charge in [-0.2, -0.15) is 0 Å². The molecule has 0 saturated heterocycles. The van der Waals surface area contributed by atoms with Gasteiger partial charge in [0.1, 0.15) is 17.6 Å². The molecule has 0 amide bonds. The molecule has 1 aliphatic rings. The van der Waals surface area contributed by atoms with Crippen LogP contribution in [0, 0.1) is 5.21 Å². The average Bonchev–Trinajstić information content (AvgIpc) is 2.65. The third-order valence-electron chi connectivity index (χ3n) is 3.45. The smallest absolute Gasteiger partial charge is 0.135 e. The van der Waals surface area contributed by atoms with Gasteiger partial charge in [0.25, 0.3) is 0 Å². The molecule has 20 heavy (non-hydrogen) atoms. The van der Waals surface area contributed by atoms with Crippen molar-refractivity contribution in [3.63, 3.8) is 0 Å². The minimum atomic E-state index is -0.262. The van der Waals surface area contributed by atoms with Crippen LogP contribution in [-0.2, 0) is 6.54 Å². The SMILES string of the molecule is COc1ccc(C2CN([O-])Cc3ccccc3O2)cc1. The average molecular weight is 270 g/mol. The second kappa shape index (κ2) is 5.53. The van der Waals surface area contributed by atoms with E-state index in [1.807, 2.05) is 48.5 Å². The summed E-state index contributed by atoms with van der Waals surface area (Å²) >= 11 is 0. The van der Waals surface area contributed by atoms with Crippen molar-refractivity contribution in [1.29, 1.82) is 0 Å². The summed E-state index contributed by atoms with van der Waals surface area (Å²) in [7, 11) is 1.63. The molecule has 1 aliphatic heterocycles. The van der Waals surface area contributed by atoms with Gasteiger partial charge >= 0.3 is 0 Å². The predicted molar refractivity (Wildman–Crippen MR) is 76.6 cm³/mol. The van der Waals surface area contributed by atoms with Crippen molar-refractivity contribution < 1.29 is 9.47 Å². The molecule has 104 valence electrons. The van der Waals surface area contributed by atoms with Crippen LogP contribution < -0.4 is 9.47 Å². The summed E-state index contributed by atoms with van der Waals surface area (Å²) in [6, 6.07) is 15.3. The number of hydrogen-bond donors (Lipinski definition) is 0. The molecule has 0 spiro atoms. The molecule has 0 saturated carbocycles. The van der Waals surface area contributed by atoms with Crippen molar-refractivity contribution in [2.24, 2.45) is 0 Å². The van der Waals surface area contributed by atoms with Gasteiger partial charge in [0, 0.05) is 18.7 Å². The summed E-state index contributed by atoms with van der Waals surface area (Å²) in [4.78, 5) is 0. The first kappa shape index (κ1) is 13.0. The first-order chi connectivity index (χ1) is 9.76. The lowest BCUT2D eigenvalue weighted by molar-refractivity contribution is 0.174. The van der Waals surface area contributed by atoms with Crippen LogP contribution in [0.25, 0.3) is 0 Å². The van der Waals surface area contributed by atoms with Crippen molar-refractivity contribution in [1.82, 2.24) is 5.06 Å². The van der Waals surface area contributed by atoms with E-state index in [-0.39, 0.29) is 6.10 Å². The molecule has 2 aromatic rings. The van der Waals surface area contributed by atoms with Crippen molar-refractivity contribution >= 4 is 0 Å². The highest BCUT2D eigenvalue weighted by Gasteiger charge is 2.20. The van der Waals surface area contributed by atoms with Gasteiger partial charge in [-0.05, 0) is 23.8 Å². The number of fused-ring (bicyclic) bond motifs is 1. The van der Waals surface area contributed by atoms with Crippen molar-refractivity contribution in [3.05, 3.63) is 64.9 Å². The Bertz CT molecular complexity index is 583. The summed E-state index contributed by atoms with van der Waals surface area (Å²) in [6.45, 7) is 0.684. The minimum Gasteiger partial charge on any atom is -0.785 e. The van der Waals surface area contributed by atoms with Crippen LogP contribution in [0.15, 0.2) is 48.5 Å². The molecule has 4 heteroatoms. The predicted octanol–water partition coefficient (Wildman–Crippen LogP) is 3.13. The Labute approximate surface area is 118 Å². The zero-order valence-corrected chi connectivity index (χ0v) is 11.3. The Kier molecular flexibility index (Phi) is 3.58. The lowest BCUT2D eigenvalue weighted by Crippen LogP contribution is -2.22. The fraction of sp³-hybridized carbons (Fsp3) is 0.250. The highest BCUT2D eigenvalue weighted by Crippen LogP contribution is 2.31. The highest BCUT2D eigenvalue weighted by molar-refractivity contribution is 5.36. The number of hydroxylamine groups is 2. The van der Waals surface area contributed by atoms with E-state index >= 15 is 0 Å². The zero-order chi connectivity index (χ0) is 13.9. The van der Waals surface area contributed by atoms with Crippen LogP contribution in [0.3, 0.4) is 0 Å². The Morgan fingerprint density at radius 3 is 2.65 bits per heavy atom. The summed E-state index contributed by atoms with van der Waals surface area (Å²) in [5.41, 5.74) is 1.90. The molecule has 2 aromatic carbocycles. The van der Waals surface area contributed by atoms with E-state index in [0.717, 1.165) is 27.7 Å². The van der Waals surface area contributed by atoms with Crippen molar-refractivity contribution in [2.75, 3.05) is 13.7 Å². The number of methoxy groups -OCH3 is 1. The molecule has 4 nitrogen and oxygen atoms in total. The van der Waals surface area contributed by atoms with Crippen molar-refractivity contribution in [3.8, 4) is 11.5 Å². The van der Waals surface area contributed by atoms with E-state index in [4.69, 9.17) is 9.47 Å². The number of hydrogen-bond acceptors (Lipinski definition) is 4. The van der Waals surface area contributed by atoms with Gasteiger partial charge in [-0.3, -0.25) is 0 Å². The Morgan fingerprint density at radius 1 is 1.15 bits per heavy atom. The van der Waals surface area contributed by atoms with Gasteiger partial charge in [-0.25, -0.2) is 0 Å². The van der Waals surface area contributed by atoms with E-state index < -0.39 is 0 Å². The molecule has 1 atom stereocenters. The van der Waals surface area contributed by atoms with E-state index in [2.05, 4.69) is 0 Å². The van der Waals surface area contributed by atoms with Crippen LogP contribution in [0.4, 0.5) is 0 Å². The normalized spacial score (nSPS) is 18.8. The highest BCUT2D eigenvalue weighted by atomic mass is 16.5. The Hall–Kier alpha value is -2.04. The molecular formula is C16H16NO3-. The fourth-order valence-electron chi connectivity index (χ4n) is 2.37. The largest absolute Gasteiger partial charge is 0.785 e. The maximum absolute atomic E-state index is 12.0.